The molecule has 1 aromatic carbocycles. The number of hydrogen-bond acceptors (Lipinski definition) is 2. The fraction of sp³-hybridized carbons (Fsp3) is 0.375. The molecule has 0 saturated carbocycles. The van der Waals surface area contributed by atoms with Gasteiger partial charge in [0.05, 0.1) is 0 Å². The van der Waals surface area contributed by atoms with Gasteiger partial charge in [-0.2, -0.15) is 5.10 Å². The second-order valence-corrected chi connectivity index (χ2v) is 4.79. The van der Waals surface area contributed by atoms with Crippen LogP contribution in [0.15, 0.2) is 36.5 Å². The summed E-state index contributed by atoms with van der Waals surface area (Å²) < 4.78 is 1.81. The second kappa shape index (κ2) is 6.32. The van der Waals surface area contributed by atoms with Crippen molar-refractivity contribution in [2.75, 3.05) is 0 Å². The number of benzene rings is 1. The van der Waals surface area contributed by atoms with E-state index in [0.717, 1.165) is 25.1 Å². The number of rotatable bonds is 6. The van der Waals surface area contributed by atoms with Crippen LogP contribution in [0.3, 0.4) is 0 Å². The van der Waals surface area contributed by atoms with Crippen molar-refractivity contribution in [3.05, 3.63) is 53.3 Å². The van der Waals surface area contributed by atoms with E-state index in [0.29, 0.717) is 6.42 Å². The van der Waals surface area contributed by atoms with Gasteiger partial charge in [-0.1, -0.05) is 31.2 Å². The first-order valence-electron chi connectivity index (χ1n) is 6.82. The highest BCUT2D eigenvalue weighted by Gasteiger charge is 2.12. The van der Waals surface area contributed by atoms with E-state index in [2.05, 4.69) is 31.1 Å². The van der Waals surface area contributed by atoms with Gasteiger partial charge < -0.3 is 0 Å². The largest absolute Gasteiger partial charge is 0.292 e. The van der Waals surface area contributed by atoms with Crippen LogP contribution in [0, 0.1) is 6.92 Å². The third-order valence-electron chi connectivity index (χ3n) is 3.32. The summed E-state index contributed by atoms with van der Waals surface area (Å²) in [6.45, 7) is 4.98. The average Bonchev–Trinajstić information content (AvgIpc) is 2.86. The van der Waals surface area contributed by atoms with Crippen LogP contribution in [0.2, 0.25) is 0 Å². The first-order valence-corrected chi connectivity index (χ1v) is 6.82. The Morgan fingerprint density at radius 2 is 2.05 bits per heavy atom. The van der Waals surface area contributed by atoms with Gasteiger partial charge >= 0.3 is 0 Å². The minimum Gasteiger partial charge on any atom is -0.292 e. The Morgan fingerprint density at radius 3 is 2.79 bits per heavy atom. The van der Waals surface area contributed by atoms with Crippen LogP contribution in [0.5, 0.6) is 0 Å². The maximum absolute atomic E-state index is 12.2. The third-order valence-corrected chi connectivity index (χ3v) is 3.32. The van der Waals surface area contributed by atoms with Gasteiger partial charge in [-0.25, -0.2) is 0 Å². The zero-order valence-electron chi connectivity index (χ0n) is 11.6. The monoisotopic (exact) mass is 256 g/mol. The quantitative estimate of drug-likeness (QED) is 0.742. The van der Waals surface area contributed by atoms with Crippen molar-refractivity contribution in [1.29, 1.82) is 0 Å². The van der Waals surface area contributed by atoms with E-state index in [-0.39, 0.29) is 5.78 Å². The molecule has 3 heteroatoms. The van der Waals surface area contributed by atoms with Gasteiger partial charge in [0, 0.05) is 19.2 Å². The predicted molar refractivity (Wildman–Crippen MR) is 76.3 cm³/mol. The Kier molecular flexibility index (Phi) is 4.50. The van der Waals surface area contributed by atoms with Crippen molar-refractivity contribution in [3.8, 4) is 0 Å². The molecular formula is C16H20N2O. The lowest BCUT2D eigenvalue weighted by atomic mass is 10.0. The summed E-state index contributed by atoms with van der Waals surface area (Å²) in [4.78, 5) is 12.2. The SMILES string of the molecule is CCCn1nccc1C(=O)CCc1ccccc1C. The van der Waals surface area contributed by atoms with Crippen molar-refractivity contribution in [2.45, 2.75) is 39.7 Å². The summed E-state index contributed by atoms with van der Waals surface area (Å²) in [5.74, 6) is 0.175. The van der Waals surface area contributed by atoms with E-state index < -0.39 is 0 Å². The summed E-state index contributed by atoms with van der Waals surface area (Å²) >= 11 is 0. The highest BCUT2D eigenvalue weighted by Crippen LogP contribution is 2.12. The Labute approximate surface area is 114 Å². The zero-order valence-corrected chi connectivity index (χ0v) is 11.6. The second-order valence-electron chi connectivity index (χ2n) is 4.79. The fourth-order valence-corrected chi connectivity index (χ4v) is 2.23. The molecular weight excluding hydrogens is 236 g/mol. The number of carbonyl (C=O) groups is 1. The minimum absolute atomic E-state index is 0.175. The molecule has 0 saturated heterocycles. The number of hydrogen-bond donors (Lipinski definition) is 0. The van der Waals surface area contributed by atoms with Crippen LogP contribution < -0.4 is 0 Å². The molecule has 0 atom stereocenters. The number of ketones is 1. The van der Waals surface area contributed by atoms with Crippen LogP contribution in [0.4, 0.5) is 0 Å². The average molecular weight is 256 g/mol. The maximum Gasteiger partial charge on any atom is 0.181 e. The molecule has 0 fully saturated rings. The van der Waals surface area contributed by atoms with E-state index >= 15 is 0 Å². The summed E-state index contributed by atoms with van der Waals surface area (Å²) in [6, 6.07) is 10.0. The molecule has 0 amide bonds. The first kappa shape index (κ1) is 13.5. The Balaban J connectivity index is 2.02. The molecule has 0 aliphatic rings. The first-order chi connectivity index (χ1) is 9.22. The van der Waals surface area contributed by atoms with E-state index in [4.69, 9.17) is 0 Å². The summed E-state index contributed by atoms with van der Waals surface area (Å²) in [6.07, 6.45) is 4.03. The topological polar surface area (TPSA) is 34.9 Å². The number of carbonyl (C=O) groups excluding carboxylic acids is 1. The summed E-state index contributed by atoms with van der Waals surface area (Å²) in [5, 5.41) is 4.20. The molecule has 2 rings (SSSR count). The Morgan fingerprint density at radius 1 is 1.26 bits per heavy atom. The highest BCUT2D eigenvalue weighted by molar-refractivity contribution is 5.94. The summed E-state index contributed by atoms with van der Waals surface area (Å²) in [5.41, 5.74) is 3.23. The molecule has 0 N–H and O–H groups in total. The van der Waals surface area contributed by atoms with Gasteiger partial charge in [0.1, 0.15) is 5.69 Å². The number of Topliss-reactive ketones (excluding diaryl/α,β-unsaturated/α-hetero) is 1. The molecule has 1 heterocycles. The van der Waals surface area contributed by atoms with Crippen molar-refractivity contribution >= 4 is 5.78 Å². The van der Waals surface area contributed by atoms with Gasteiger partial charge in [0.25, 0.3) is 0 Å². The van der Waals surface area contributed by atoms with Crippen LogP contribution >= 0.6 is 0 Å². The van der Waals surface area contributed by atoms with Crippen molar-refractivity contribution in [3.63, 3.8) is 0 Å². The number of aromatic nitrogens is 2. The van der Waals surface area contributed by atoms with Crippen molar-refractivity contribution in [1.82, 2.24) is 9.78 Å². The molecule has 1 aromatic heterocycles. The molecule has 2 aromatic rings. The van der Waals surface area contributed by atoms with Crippen LogP contribution in [-0.2, 0) is 13.0 Å². The van der Waals surface area contributed by atoms with Gasteiger partial charge in [0.15, 0.2) is 5.78 Å². The third kappa shape index (κ3) is 3.31. The van der Waals surface area contributed by atoms with Crippen molar-refractivity contribution < 1.29 is 4.79 Å². The normalized spacial score (nSPS) is 10.6. The standard InChI is InChI=1S/C16H20N2O/c1-3-12-18-15(10-11-17-18)16(19)9-8-14-7-5-4-6-13(14)2/h4-7,10-11H,3,8-9,12H2,1-2H3. The minimum atomic E-state index is 0.175. The van der Waals surface area contributed by atoms with Gasteiger partial charge in [-0.3, -0.25) is 9.48 Å². The van der Waals surface area contributed by atoms with Gasteiger partial charge in [-0.05, 0) is 37.0 Å². The Bertz CT molecular complexity index is 557. The maximum atomic E-state index is 12.2. The van der Waals surface area contributed by atoms with Crippen LogP contribution in [0.1, 0.15) is 41.4 Å². The van der Waals surface area contributed by atoms with Crippen LogP contribution in [-0.4, -0.2) is 15.6 Å². The van der Waals surface area contributed by atoms with E-state index in [1.807, 2.05) is 18.2 Å². The highest BCUT2D eigenvalue weighted by atomic mass is 16.1. The molecule has 0 bridgehead atoms. The molecule has 100 valence electrons. The lowest BCUT2D eigenvalue weighted by Gasteiger charge is -2.07. The molecule has 0 aliphatic heterocycles. The Hall–Kier alpha value is -1.90. The van der Waals surface area contributed by atoms with E-state index in [1.54, 1.807) is 10.9 Å². The van der Waals surface area contributed by atoms with E-state index in [1.165, 1.54) is 11.1 Å². The lowest BCUT2D eigenvalue weighted by Crippen LogP contribution is -2.11. The van der Waals surface area contributed by atoms with Gasteiger partial charge in [0.2, 0.25) is 0 Å². The van der Waals surface area contributed by atoms with Crippen LogP contribution in [0.25, 0.3) is 0 Å². The number of aryl methyl sites for hydroxylation is 3. The molecule has 0 unspecified atom stereocenters. The molecule has 0 aliphatic carbocycles. The van der Waals surface area contributed by atoms with Crippen molar-refractivity contribution in [2.24, 2.45) is 0 Å². The molecule has 0 radical (unpaired) electrons. The molecule has 0 spiro atoms. The smallest absolute Gasteiger partial charge is 0.181 e. The lowest BCUT2D eigenvalue weighted by molar-refractivity contribution is 0.0972. The summed E-state index contributed by atoms with van der Waals surface area (Å²) in [7, 11) is 0. The fourth-order valence-electron chi connectivity index (χ4n) is 2.23. The van der Waals surface area contributed by atoms with Gasteiger partial charge in [-0.15, -0.1) is 0 Å². The zero-order chi connectivity index (χ0) is 13.7. The number of nitrogens with zero attached hydrogens (tertiary/aromatic N) is 2. The van der Waals surface area contributed by atoms with E-state index in [9.17, 15) is 4.79 Å². The predicted octanol–water partition coefficient (Wildman–Crippen LogP) is 3.42. The molecule has 19 heavy (non-hydrogen) atoms. The molecule has 3 nitrogen and oxygen atoms in total.